The minimum atomic E-state index is -0.102. The van der Waals surface area contributed by atoms with Crippen molar-refractivity contribution in [1.29, 1.82) is 0 Å². The number of nitrogens with zero attached hydrogens (tertiary/aromatic N) is 5. The van der Waals surface area contributed by atoms with Crippen molar-refractivity contribution < 1.29 is 4.79 Å². The average molecular weight is 417 g/mol. The summed E-state index contributed by atoms with van der Waals surface area (Å²) in [7, 11) is 0. The molecule has 0 bridgehead atoms. The van der Waals surface area contributed by atoms with E-state index in [2.05, 4.69) is 44.9 Å². The smallest absolute Gasteiger partial charge is 0.230 e. The third-order valence-electron chi connectivity index (χ3n) is 4.95. The summed E-state index contributed by atoms with van der Waals surface area (Å²) in [6, 6.07) is 16.2. The lowest BCUT2D eigenvalue weighted by molar-refractivity contribution is -0.115. The molecule has 150 valence electrons. The molecule has 1 aliphatic carbocycles. The molecule has 0 spiro atoms. The van der Waals surface area contributed by atoms with Crippen molar-refractivity contribution in [3.8, 4) is 22.0 Å². The molecular weight excluding hydrogens is 396 g/mol. The number of thiazole rings is 1. The summed E-state index contributed by atoms with van der Waals surface area (Å²) in [6.07, 6.45) is 2.44. The lowest BCUT2D eigenvalue weighted by Crippen LogP contribution is -2.14. The molecule has 30 heavy (non-hydrogen) atoms. The maximum atomic E-state index is 12.6. The van der Waals surface area contributed by atoms with Gasteiger partial charge in [0.15, 0.2) is 5.82 Å². The van der Waals surface area contributed by atoms with Gasteiger partial charge in [-0.25, -0.2) is 9.67 Å². The van der Waals surface area contributed by atoms with Crippen LogP contribution in [0.15, 0.2) is 53.9 Å². The lowest BCUT2D eigenvalue weighted by atomic mass is 10.1. The Morgan fingerprint density at radius 2 is 2.00 bits per heavy atom. The number of rotatable bonds is 6. The molecule has 5 rings (SSSR count). The van der Waals surface area contributed by atoms with E-state index < -0.39 is 0 Å². The number of nitrogens with one attached hydrogen (secondary N) is 1. The molecule has 4 aromatic rings. The van der Waals surface area contributed by atoms with Crippen LogP contribution in [0.4, 0.5) is 5.69 Å². The Balaban J connectivity index is 1.28. The molecule has 2 heterocycles. The first-order valence-corrected chi connectivity index (χ1v) is 10.7. The molecular formula is C22H20N6OS. The SMILES string of the molecule is Cc1cccc(-c2nc(CC(=O)Nc3cccc(-c4nnnn4C4CC4)c3)cs2)c1. The van der Waals surface area contributed by atoms with Crippen molar-refractivity contribution in [3.63, 3.8) is 0 Å². The van der Waals surface area contributed by atoms with Gasteiger partial charge in [-0.2, -0.15) is 0 Å². The van der Waals surface area contributed by atoms with Gasteiger partial charge in [0.05, 0.1) is 18.2 Å². The van der Waals surface area contributed by atoms with Gasteiger partial charge in [-0.1, -0.05) is 35.9 Å². The highest BCUT2D eigenvalue weighted by molar-refractivity contribution is 7.13. The summed E-state index contributed by atoms with van der Waals surface area (Å²) in [4.78, 5) is 17.2. The predicted molar refractivity (Wildman–Crippen MR) is 116 cm³/mol. The van der Waals surface area contributed by atoms with Gasteiger partial charge in [0, 0.05) is 22.2 Å². The molecule has 1 fully saturated rings. The third-order valence-corrected chi connectivity index (χ3v) is 5.89. The minimum Gasteiger partial charge on any atom is -0.326 e. The first kappa shape index (κ1) is 18.6. The normalized spacial score (nSPS) is 13.4. The summed E-state index contributed by atoms with van der Waals surface area (Å²) < 4.78 is 1.86. The number of tetrazole rings is 1. The fourth-order valence-electron chi connectivity index (χ4n) is 3.35. The zero-order chi connectivity index (χ0) is 20.5. The van der Waals surface area contributed by atoms with E-state index in [1.165, 1.54) is 5.56 Å². The largest absolute Gasteiger partial charge is 0.326 e. The number of hydrogen-bond acceptors (Lipinski definition) is 6. The van der Waals surface area contributed by atoms with Gasteiger partial charge < -0.3 is 5.32 Å². The van der Waals surface area contributed by atoms with Crippen LogP contribution >= 0.6 is 11.3 Å². The summed E-state index contributed by atoms with van der Waals surface area (Å²) in [5, 5.41) is 17.9. The maximum absolute atomic E-state index is 12.6. The van der Waals surface area contributed by atoms with E-state index in [9.17, 15) is 4.79 Å². The summed E-state index contributed by atoms with van der Waals surface area (Å²) in [6.45, 7) is 2.06. The van der Waals surface area contributed by atoms with Crippen LogP contribution in [0.2, 0.25) is 0 Å². The van der Waals surface area contributed by atoms with Gasteiger partial charge >= 0.3 is 0 Å². The lowest BCUT2D eigenvalue weighted by Gasteiger charge is -2.07. The first-order valence-electron chi connectivity index (χ1n) is 9.85. The molecule has 1 saturated carbocycles. The topological polar surface area (TPSA) is 85.6 Å². The molecule has 8 heteroatoms. The van der Waals surface area contributed by atoms with Gasteiger partial charge in [0.25, 0.3) is 0 Å². The van der Waals surface area contributed by atoms with Crippen LogP contribution < -0.4 is 5.32 Å². The van der Waals surface area contributed by atoms with Crippen LogP contribution in [0, 0.1) is 6.92 Å². The zero-order valence-corrected chi connectivity index (χ0v) is 17.3. The highest BCUT2D eigenvalue weighted by atomic mass is 32.1. The molecule has 2 aromatic heterocycles. The van der Waals surface area contributed by atoms with Crippen LogP contribution in [0.1, 0.15) is 30.1 Å². The highest BCUT2D eigenvalue weighted by Crippen LogP contribution is 2.36. The number of aromatic nitrogens is 5. The van der Waals surface area contributed by atoms with E-state index in [1.807, 2.05) is 46.5 Å². The van der Waals surface area contributed by atoms with Gasteiger partial charge in [-0.3, -0.25) is 4.79 Å². The molecule has 0 atom stereocenters. The zero-order valence-electron chi connectivity index (χ0n) is 16.4. The van der Waals surface area contributed by atoms with Crippen molar-refractivity contribution in [1.82, 2.24) is 25.2 Å². The summed E-state index contributed by atoms with van der Waals surface area (Å²) >= 11 is 1.55. The Morgan fingerprint density at radius 3 is 2.83 bits per heavy atom. The first-order chi connectivity index (χ1) is 14.7. The molecule has 0 unspecified atom stereocenters. The van der Waals surface area contributed by atoms with E-state index in [0.717, 1.165) is 46.2 Å². The number of carbonyl (C=O) groups excluding carboxylic acids is 1. The fraction of sp³-hybridized carbons (Fsp3) is 0.227. The number of benzene rings is 2. The standard InChI is InChI=1S/C22H20N6OS/c1-14-4-2-6-16(10-14)22-24-18(13-30-22)12-20(29)23-17-7-3-5-15(11-17)21-25-26-27-28(21)19-8-9-19/h2-7,10-11,13,19H,8-9,12H2,1H3,(H,23,29). The number of aryl methyl sites for hydroxylation is 1. The van der Waals surface area contributed by atoms with Gasteiger partial charge in [0.2, 0.25) is 5.91 Å². The van der Waals surface area contributed by atoms with E-state index in [0.29, 0.717) is 6.04 Å². The maximum Gasteiger partial charge on any atom is 0.230 e. The quantitative estimate of drug-likeness (QED) is 0.507. The monoisotopic (exact) mass is 416 g/mol. The minimum absolute atomic E-state index is 0.102. The Morgan fingerprint density at radius 1 is 1.17 bits per heavy atom. The molecule has 0 radical (unpaired) electrons. The van der Waals surface area contributed by atoms with E-state index in [1.54, 1.807) is 11.3 Å². The van der Waals surface area contributed by atoms with Crippen molar-refractivity contribution in [2.75, 3.05) is 5.32 Å². The molecule has 7 nitrogen and oxygen atoms in total. The summed E-state index contributed by atoms with van der Waals surface area (Å²) in [5.74, 6) is 0.630. The Kier molecular flexibility index (Phi) is 4.84. The van der Waals surface area contributed by atoms with E-state index in [-0.39, 0.29) is 12.3 Å². The molecule has 2 aromatic carbocycles. The average Bonchev–Trinajstić information content (AvgIpc) is 3.27. The second kappa shape index (κ2) is 7.79. The molecule has 1 N–H and O–H groups in total. The number of carbonyl (C=O) groups is 1. The van der Waals surface area contributed by atoms with Gasteiger partial charge in [-0.15, -0.1) is 16.4 Å². The van der Waals surface area contributed by atoms with Crippen LogP contribution in [0.3, 0.4) is 0 Å². The fourth-order valence-corrected chi connectivity index (χ4v) is 4.17. The second-order valence-electron chi connectivity index (χ2n) is 7.50. The Labute approximate surface area is 177 Å². The van der Waals surface area contributed by atoms with Crippen molar-refractivity contribution >= 4 is 22.9 Å². The summed E-state index contributed by atoms with van der Waals surface area (Å²) in [5.41, 5.74) is 4.64. The number of anilines is 1. The second-order valence-corrected chi connectivity index (χ2v) is 8.36. The van der Waals surface area contributed by atoms with Crippen LogP contribution in [-0.2, 0) is 11.2 Å². The van der Waals surface area contributed by atoms with Crippen LogP contribution in [-0.4, -0.2) is 31.1 Å². The predicted octanol–water partition coefficient (Wildman–Crippen LogP) is 4.29. The molecule has 1 amide bonds. The molecule has 0 aliphatic heterocycles. The number of hydrogen-bond donors (Lipinski definition) is 1. The molecule has 0 saturated heterocycles. The van der Waals surface area contributed by atoms with Crippen molar-refractivity contribution in [2.45, 2.75) is 32.2 Å². The van der Waals surface area contributed by atoms with Crippen molar-refractivity contribution in [2.24, 2.45) is 0 Å². The third kappa shape index (κ3) is 3.99. The van der Waals surface area contributed by atoms with Gasteiger partial charge in [-0.05, 0) is 48.4 Å². The van der Waals surface area contributed by atoms with Crippen LogP contribution in [0.25, 0.3) is 22.0 Å². The van der Waals surface area contributed by atoms with Crippen molar-refractivity contribution in [3.05, 3.63) is 65.2 Å². The Bertz CT molecular complexity index is 1210. The highest BCUT2D eigenvalue weighted by Gasteiger charge is 2.28. The molecule has 1 aliphatic rings. The number of amides is 1. The Hall–Kier alpha value is -3.39. The van der Waals surface area contributed by atoms with E-state index >= 15 is 0 Å². The van der Waals surface area contributed by atoms with Crippen LogP contribution in [0.5, 0.6) is 0 Å². The van der Waals surface area contributed by atoms with E-state index in [4.69, 9.17) is 0 Å². The van der Waals surface area contributed by atoms with Gasteiger partial charge in [0.1, 0.15) is 5.01 Å².